The van der Waals surface area contributed by atoms with E-state index in [-0.39, 0.29) is 0 Å². The molecule has 0 spiro atoms. The lowest BCUT2D eigenvalue weighted by molar-refractivity contribution is 0.203. The molecule has 0 aliphatic carbocycles. The number of aliphatic imine (C=N–C) groups is 1. The topological polar surface area (TPSA) is 62.0 Å². The molecule has 6 heteroatoms. The molecule has 0 bridgehead atoms. The highest BCUT2D eigenvalue weighted by atomic mass is 16.5. The van der Waals surface area contributed by atoms with Gasteiger partial charge in [0.15, 0.2) is 5.96 Å². The van der Waals surface area contributed by atoms with Gasteiger partial charge in [-0.2, -0.15) is 0 Å². The lowest BCUT2D eigenvalue weighted by atomic mass is 10.1. The smallest absolute Gasteiger partial charge is 0.191 e. The number of ether oxygens (including phenoxy) is 1. The van der Waals surface area contributed by atoms with Crippen LogP contribution in [-0.2, 0) is 11.2 Å². The van der Waals surface area contributed by atoms with Gasteiger partial charge in [0.05, 0.1) is 25.5 Å². The third-order valence-electron chi connectivity index (χ3n) is 5.03. The van der Waals surface area contributed by atoms with Crippen LogP contribution in [0.2, 0.25) is 0 Å². The molecular weight excluding hydrogens is 352 g/mol. The average molecular weight is 385 g/mol. The van der Waals surface area contributed by atoms with E-state index in [0.717, 1.165) is 50.9 Å². The number of methoxy groups -OCH3 is 1. The Morgan fingerprint density at radius 3 is 2.61 bits per heavy atom. The second-order valence-electron chi connectivity index (χ2n) is 7.03. The van der Waals surface area contributed by atoms with E-state index < -0.39 is 0 Å². The molecule has 28 heavy (non-hydrogen) atoms. The van der Waals surface area contributed by atoms with Crippen molar-refractivity contribution in [2.45, 2.75) is 25.3 Å². The summed E-state index contributed by atoms with van der Waals surface area (Å²) in [5.41, 5.74) is 1.33. The van der Waals surface area contributed by atoms with Gasteiger partial charge in [0.25, 0.3) is 0 Å². The van der Waals surface area contributed by atoms with Gasteiger partial charge in [-0.3, -0.25) is 9.89 Å². The molecule has 2 heterocycles. The summed E-state index contributed by atoms with van der Waals surface area (Å²) in [5.74, 6) is 1.80. The number of rotatable bonds is 10. The fourth-order valence-corrected chi connectivity index (χ4v) is 3.54. The van der Waals surface area contributed by atoms with Gasteiger partial charge < -0.3 is 19.8 Å². The van der Waals surface area contributed by atoms with Crippen LogP contribution in [-0.4, -0.2) is 57.3 Å². The Hall–Kier alpha value is -2.31. The molecular formula is C22H32N4O2. The fraction of sp³-hybridized carbons (Fsp3) is 0.500. The largest absolute Gasteiger partial charge is 0.469 e. The van der Waals surface area contributed by atoms with Crippen molar-refractivity contribution in [3.63, 3.8) is 0 Å². The molecule has 152 valence electrons. The van der Waals surface area contributed by atoms with Crippen LogP contribution in [0.5, 0.6) is 0 Å². The van der Waals surface area contributed by atoms with Crippen LogP contribution in [0.4, 0.5) is 0 Å². The predicted molar refractivity (Wildman–Crippen MR) is 113 cm³/mol. The summed E-state index contributed by atoms with van der Waals surface area (Å²) in [6.45, 7) is 5.16. The molecule has 1 unspecified atom stereocenters. The Balaban J connectivity index is 1.63. The molecule has 1 atom stereocenters. The van der Waals surface area contributed by atoms with Crippen molar-refractivity contribution in [3.05, 3.63) is 60.1 Å². The lowest BCUT2D eigenvalue weighted by Crippen LogP contribution is -2.40. The van der Waals surface area contributed by atoms with Crippen LogP contribution >= 0.6 is 0 Å². The Kier molecular flexibility index (Phi) is 8.40. The average Bonchev–Trinajstić information content (AvgIpc) is 3.43. The quantitative estimate of drug-likeness (QED) is 0.375. The van der Waals surface area contributed by atoms with Crippen molar-refractivity contribution in [2.75, 3.05) is 46.4 Å². The van der Waals surface area contributed by atoms with Crippen LogP contribution in [0.3, 0.4) is 0 Å². The van der Waals surface area contributed by atoms with Crippen LogP contribution in [0.25, 0.3) is 0 Å². The molecule has 1 saturated heterocycles. The van der Waals surface area contributed by atoms with Gasteiger partial charge in [-0.1, -0.05) is 30.3 Å². The molecule has 1 aromatic carbocycles. The zero-order valence-electron chi connectivity index (χ0n) is 16.8. The highest BCUT2D eigenvalue weighted by molar-refractivity contribution is 5.79. The molecule has 1 aliphatic heterocycles. The first-order valence-electron chi connectivity index (χ1n) is 10.2. The fourth-order valence-electron chi connectivity index (χ4n) is 3.54. The Morgan fingerprint density at radius 2 is 1.89 bits per heavy atom. The molecule has 6 nitrogen and oxygen atoms in total. The standard InChI is InChI=1S/C22H32N4O2/c1-27-17-13-24-22(23-12-11-20-10-7-16-28-20)25-18-21(26-14-5-6-15-26)19-8-3-2-4-9-19/h2-4,7-10,16,21H,5-6,11-15,17-18H2,1H3,(H2,23,24,25). The van der Waals surface area contributed by atoms with Crippen LogP contribution in [0.1, 0.15) is 30.2 Å². The molecule has 0 saturated carbocycles. The monoisotopic (exact) mass is 384 g/mol. The zero-order chi connectivity index (χ0) is 19.4. The number of nitrogens with zero attached hydrogens (tertiary/aromatic N) is 2. The Bertz CT molecular complexity index is 682. The summed E-state index contributed by atoms with van der Waals surface area (Å²) in [6.07, 6.45) is 5.08. The highest BCUT2D eigenvalue weighted by Gasteiger charge is 2.23. The lowest BCUT2D eigenvalue weighted by Gasteiger charge is -2.27. The van der Waals surface area contributed by atoms with E-state index in [4.69, 9.17) is 14.1 Å². The first-order chi connectivity index (χ1) is 13.9. The maximum Gasteiger partial charge on any atom is 0.191 e. The highest BCUT2D eigenvalue weighted by Crippen LogP contribution is 2.25. The van der Waals surface area contributed by atoms with Crippen molar-refractivity contribution in [1.82, 2.24) is 15.5 Å². The van der Waals surface area contributed by atoms with Gasteiger partial charge in [-0.05, 0) is 43.6 Å². The van der Waals surface area contributed by atoms with E-state index in [1.807, 2.05) is 12.1 Å². The third-order valence-corrected chi connectivity index (χ3v) is 5.03. The van der Waals surface area contributed by atoms with Gasteiger partial charge in [0, 0.05) is 26.6 Å². The summed E-state index contributed by atoms with van der Waals surface area (Å²) in [7, 11) is 1.71. The first kappa shape index (κ1) is 20.4. The zero-order valence-corrected chi connectivity index (χ0v) is 16.8. The molecule has 1 aromatic heterocycles. The van der Waals surface area contributed by atoms with Crippen molar-refractivity contribution < 1.29 is 9.15 Å². The van der Waals surface area contributed by atoms with Crippen LogP contribution < -0.4 is 10.6 Å². The van der Waals surface area contributed by atoms with Gasteiger partial charge in [-0.25, -0.2) is 0 Å². The van der Waals surface area contributed by atoms with Crippen LogP contribution in [0.15, 0.2) is 58.1 Å². The van der Waals surface area contributed by atoms with E-state index in [1.54, 1.807) is 13.4 Å². The van der Waals surface area contributed by atoms with Crippen molar-refractivity contribution in [3.8, 4) is 0 Å². The number of likely N-dealkylation sites (tertiary alicyclic amines) is 1. The van der Waals surface area contributed by atoms with Crippen molar-refractivity contribution in [2.24, 2.45) is 4.99 Å². The Morgan fingerprint density at radius 1 is 1.11 bits per heavy atom. The summed E-state index contributed by atoms with van der Waals surface area (Å²) in [5, 5.41) is 6.78. The number of guanidine groups is 1. The minimum absolute atomic E-state index is 0.315. The van der Waals surface area contributed by atoms with Crippen molar-refractivity contribution >= 4 is 5.96 Å². The van der Waals surface area contributed by atoms with E-state index in [1.165, 1.54) is 18.4 Å². The van der Waals surface area contributed by atoms with Crippen LogP contribution in [0, 0.1) is 0 Å². The molecule has 0 amide bonds. The third kappa shape index (κ3) is 6.39. The van der Waals surface area contributed by atoms with Gasteiger partial charge in [0.2, 0.25) is 0 Å². The minimum Gasteiger partial charge on any atom is -0.469 e. The molecule has 3 rings (SSSR count). The normalized spacial score (nSPS) is 16.2. The first-order valence-corrected chi connectivity index (χ1v) is 10.2. The molecule has 2 N–H and O–H groups in total. The predicted octanol–water partition coefficient (Wildman–Crippen LogP) is 2.84. The minimum atomic E-state index is 0.315. The maximum atomic E-state index is 5.41. The summed E-state index contributed by atoms with van der Waals surface area (Å²) in [4.78, 5) is 7.45. The van der Waals surface area contributed by atoms with Gasteiger partial charge in [-0.15, -0.1) is 0 Å². The number of nitrogens with one attached hydrogen (secondary N) is 2. The second kappa shape index (κ2) is 11.5. The van der Waals surface area contributed by atoms with E-state index in [9.17, 15) is 0 Å². The second-order valence-corrected chi connectivity index (χ2v) is 7.03. The van der Waals surface area contributed by atoms with E-state index in [2.05, 4.69) is 45.9 Å². The molecule has 2 aromatic rings. The molecule has 1 fully saturated rings. The summed E-state index contributed by atoms with van der Waals surface area (Å²) in [6, 6.07) is 14.9. The summed E-state index contributed by atoms with van der Waals surface area (Å²) >= 11 is 0. The number of furan rings is 1. The van der Waals surface area contributed by atoms with Gasteiger partial charge in [0.1, 0.15) is 5.76 Å². The maximum absolute atomic E-state index is 5.41. The SMILES string of the molecule is COCCNC(=NCC(c1ccccc1)N1CCCC1)NCCc1ccco1. The molecule has 0 radical (unpaired) electrons. The number of hydrogen-bond donors (Lipinski definition) is 2. The number of benzene rings is 1. The van der Waals surface area contributed by atoms with Gasteiger partial charge >= 0.3 is 0 Å². The van der Waals surface area contributed by atoms with E-state index >= 15 is 0 Å². The van der Waals surface area contributed by atoms with E-state index in [0.29, 0.717) is 12.6 Å². The summed E-state index contributed by atoms with van der Waals surface area (Å²) < 4.78 is 10.6. The van der Waals surface area contributed by atoms with Crippen molar-refractivity contribution in [1.29, 1.82) is 0 Å². The molecule has 1 aliphatic rings. The number of hydrogen-bond acceptors (Lipinski definition) is 4. The Labute approximate surface area is 168 Å².